The number of urea groups is 1. The molecule has 1 atom stereocenters. The van der Waals surface area contributed by atoms with Crippen LogP contribution >= 0.6 is 0 Å². The normalized spacial score (nSPS) is 22.8. The second kappa shape index (κ2) is 8.76. The SMILES string of the molecule is CCO[C@@H](CNC(=O)NC1CCC(O)CC1)c1ccccc1. The summed E-state index contributed by atoms with van der Waals surface area (Å²) in [6.07, 6.45) is 2.85. The Kier molecular flexibility index (Phi) is 6.68. The summed E-state index contributed by atoms with van der Waals surface area (Å²) >= 11 is 0. The average molecular weight is 306 g/mol. The molecule has 1 fully saturated rings. The van der Waals surface area contributed by atoms with E-state index in [0.717, 1.165) is 31.2 Å². The zero-order valence-corrected chi connectivity index (χ0v) is 13.1. The lowest BCUT2D eigenvalue weighted by Gasteiger charge is -2.26. The molecule has 3 N–H and O–H groups in total. The summed E-state index contributed by atoms with van der Waals surface area (Å²) in [6.45, 7) is 2.99. The molecule has 5 heteroatoms. The Morgan fingerprint density at radius 3 is 2.59 bits per heavy atom. The van der Waals surface area contributed by atoms with E-state index in [9.17, 15) is 9.90 Å². The lowest BCUT2D eigenvalue weighted by molar-refractivity contribution is 0.0636. The molecule has 0 aliphatic heterocycles. The van der Waals surface area contributed by atoms with Gasteiger partial charge >= 0.3 is 6.03 Å². The van der Waals surface area contributed by atoms with Crippen LogP contribution in [-0.4, -0.2) is 36.4 Å². The van der Waals surface area contributed by atoms with E-state index in [-0.39, 0.29) is 24.3 Å². The molecule has 2 amide bonds. The summed E-state index contributed by atoms with van der Waals surface area (Å²) in [5, 5.41) is 15.3. The number of aliphatic hydroxyl groups is 1. The number of ether oxygens (including phenoxy) is 1. The highest BCUT2D eigenvalue weighted by Gasteiger charge is 2.21. The average Bonchev–Trinajstić information content (AvgIpc) is 2.54. The zero-order valence-electron chi connectivity index (χ0n) is 13.1. The number of rotatable bonds is 6. The minimum Gasteiger partial charge on any atom is -0.393 e. The van der Waals surface area contributed by atoms with Gasteiger partial charge in [0.15, 0.2) is 0 Å². The van der Waals surface area contributed by atoms with Crippen molar-refractivity contribution >= 4 is 6.03 Å². The first kappa shape index (κ1) is 16.8. The maximum absolute atomic E-state index is 12.0. The van der Waals surface area contributed by atoms with E-state index in [0.29, 0.717) is 13.2 Å². The first-order chi connectivity index (χ1) is 10.7. The van der Waals surface area contributed by atoms with Gasteiger partial charge in [0.05, 0.1) is 12.2 Å². The molecular formula is C17H26N2O3. The zero-order chi connectivity index (χ0) is 15.8. The molecule has 0 radical (unpaired) electrons. The van der Waals surface area contributed by atoms with Crippen LogP contribution in [0.15, 0.2) is 30.3 Å². The Morgan fingerprint density at radius 2 is 1.95 bits per heavy atom. The van der Waals surface area contributed by atoms with Crippen LogP contribution in [0.4, 0.5) is 4.79 Å². The third-order valence-electron chi connectivity index (χ3n) is 4.02. The van der Waals surface area contributed by atoms with Gasteiger partial charge in [0.2, 0.25) is 0 Å². The molecule has 22 heavy (non-hydrogen) atoms. The van der Waals surface area contributed by atoms with Crippen molar-refractivity contribution < 1.29 is 14.6 Å². The highest BCUT2D eigenvalue weighted by atomic mass is 16.5. The van der Waals surface area contributed by atoms with E-state index < -0.39 is 0 Å². The molecule has 0 spiro atoms. The lowest BCUT2D eigenvalue weighted by Crippen LogP contribution is -2.45. The first-order valence-electron chi connectivity index (χ1n) is 8.08. The Morgan fingerprint density at radius 1 is 1.27 bits per heavy atom. The topological polar surface area (TPSA) is 70.6 Å². The fourth-order valence-corrected chi connectivity index (χ4v) is 2.78. The summed E-state index contributed by atoms with van der Waals surface area (Å²) < 4.78 is 5.71. The van der Waals surface area contributed by atoms with Crippen LogP contribution in [0.3, 0.4) is 0 Å². The molecule has 1 aliphatic rings. The van der Waals surface area contributed by atoms with Crippen LogP contribution < -0.4 is 10.6 Å². The van der Waals surface area contributed by atoms with E-state index in [1.807, 2.05) is 37.3 Å². The Bertz CT molecular complexity index is 444. The maximum Gasteiger partial charge on any atom is 0.315 e. The number of hydrogen-bond acceptors (Lipinski definition) is 3. The van der Waals surface area contributed by atoms with Crippen LogP contribution in [0.2, 0.25) is 0 Å². The third kappa shape index (κ3) is 5.31. The fourth-order valence-electron chi connectivity index (χ4n) is 2.78. The van der Waals surface area contributed by atoms with Gasteiger partial charge in [0, 0.05) is 19.2 Å². The third-order valence-corrected chi connectivity index (χ3v) is 4.02. The van der Waals surface area contributed by atoms with Gasteiger partial charge in [-0.05, 0) is 38.2 Å². The van der Waals surface area contributed by atoms with Crippen LogP contribution in [-0.2, 0) is 4.74 Å². The second-order valence-corrected chi connectivity index (χ2v) is 5.71. The number of benzene rings is 1. The molecule has 1 saturated carbocycles. The van der Waals surface area contributed by atoms with Gasteiger partial charge in [-0.25, -0.2) is 4.79 Å². The highest BCUT2D eigenvalue weighted by Crippen LogP contribution is 2.18. The first-order valence-corrected chi connectivity index (χ1v) is 8.08. The lowest BCUT2D eigenvalue weighted by atomic mass is 9.93. The minimum absolute atomic E-state index is 0.134. The molecule has 1 aliphatic carbocycles. The highest BCUT2D eigenvalue weighted by molar-refractivity contribution is 5.74. The van der Waals surface area contributed by atoms with Gasteiger partial charge in [-0.2, -0.15) is 0 Å². The van der Waals surface area contributed by atoms with Gasteiger partial charge < -0.3 is 20.5 Å². The molecular weight excluding hydrogens is 280 g/mol. The Hall–Kier alpha value is -1.59. The monoisotopic (exact) mass is 306 g/mol. The van der Waals surface area contributed by atoms with Crippen molar-refractivity contribution in [1.82, 2.24) is 10.6 Å². The van der Waals surface area contributed by atoms with Crippen molar-refractivity contribution in [3.05, 3.63) is 35.9 Å². The van der Waals surface area contributed by atoms with Gasteiger partial charge in [0.1, 0.15) is 0 Å². The van der Waals surface area contributed by atoms with Crippen molar-refractivity contribution in [3.8, 4) is 0 Å². The predicted molar refractivity (Wildman–Crippen MR) is 85.6 cm³/mol. The Labute approximate surface area is 132 Å². The number of hydrogen-bond donors (Lipinski definition) is 3. The van der Waals surface area contributed by atoms with E-state index in [2.05, 4.69) is 10.6 Å². The Balaban J connectivity index is 1.78. The van der Waals surface area contributed by atoms with Crippen LogP contribution in [0.5, 0.6) is 0 Å². The van der Waals surface area contributed by atoms with E-state index >= 15 is 0 Å². The van der Waals surface area contributed by atoms with Crippen molar-refractivity contribution in [1.29, 1.82) is 0 Å². The van der Waals surface area contributed by atoms with E-state index in [1.165, 1.54) is 0 Å². The molecule has 1 aromatic rings. The second-order valence-electron chi connectivity index (χ2n) is 5.71. The number of carbonyl (C=O) groups is 1. The van der Waals surface area contributed by atoms with Crippen LogP contribution in [0.1, 0.15) is 44.3 Å². The number of amides is 2. The summed E-state index contributed by atoms with van der Waals surface area (Å²) in [7, 11) is 0. The molecule has 0 aromatic heterocycles. The van der Waals surface area contributed by atoms with Crippen LogP contribution in [0, 0.1) is 0 Å². The number of aliphatic hydroxyl groups excluding tert-OH is 1. The van der Waals surface area contributed by atoms with Crippen molar-refractivity contribution in [2.24, 2.45) is 0 Å². The molecule has 122 valence electrons. The van der Waals surface area contributed by atoms with Crippen molar-refractivity contribution in [3.63, 3.8) is 0 Å². The van der Waals surface area contributed by atoms with Gasteiger partial charge in [0.25, 0.3) is 0 Å². The van der Waals surface area contributed by atoms with Crippen LogP contribution in [0.25, 0.3) is 0 Å². The molecule has 1 aromatic carbocycles. The van der Waals surface area contributed by atoms with E-state index in [1.54, 1.807) is 0 Å². The van der Waals surface area contributed by atoms with Gasteiger partial charge in [-0.15, -0.1) is 0 Å². The fraction of sp³-hybridized carbons (Fsp3) is 0.588. The molecule has 0 unspecified atom stereocenters. The number of nitrogens with one attached hydrogen (secondary N) is 2. The molecule has 5 nitrogen and oxygen atoms in total. The number of carbonyl (C=O) groups excluding carboxylic acids is 1. The standard InChI is InChI=1S/C17H26N2O3/c1-2-22-16(13-6-4-3-5-7-13)12-18-17(21)19-14-8-10-15(20)11-9-14/h3-7,14-16,20H,2,8-12H2,1H3,(H2,18,19,21)/t14?,15?,16-/m0/s1. The van der Waals surface area contributed by atoms with Gasteiger partial charge in [-0.3, -0.25) is 0 Å². The van der Waals surface area contributed by atoms with Gasteiger partial charge in [-0.1, -0.05) is 30.3 Å². The quantitative estimate of drug-likeness (QED) is 0.755. The predicted octanol–water partition coefficient (Wildman–Crippen LogP) is 2.37. The molecule has 0 bridgehead atoms. The summed E-state index contributed by atoms with van der Waals surface area (Å²) in [5.74, 6) is 0. The largest absolute Gasteiger partial charge is 0.393 e. The van der Waals surface area contributed by atoms with Crippen molar-refractivity contribution in [2.45, 2.75) is 50.9 Å². The summed E-state index contributed by atoms with van der Waals surface area (Å²) in [6, 6.07) is 9.89. The molecule has 0 heterocycles. The summed E-state index contributed by atoms with van der Waals surface area (Å²) in [4.78, 5) is 12.0. The molecule has 0 saturated heterocycles. The van der Waals surface area contributed by atoms with E-state index in [4.69, 9.17) is 4.74 Å². The summed E-state index contributed by atoms with van der Waals surface area (Å²) in [5.41, 5.74) is 1.06. The maximum atomic E-state index is 12.0. The smallest absolute Gasteiger partial charge is 0.315 e. The van der Waals surface area contributed by atoms with Crippen molar-refractivity contribution in [2.75, 3.05) is 13.2 Å². The molecule has 2 rings (SSSR count). The minimum atomic E-state index is -0.207.